The highest BCUT2D eigenvalue weighted by atomic mass is 16.6. The first-order chi connectivity index (χ1) is 10.2. The molecule has 0 aliphatic carbocycles. The Labute approximate surface area is 131 Å². The number of benzene rings is 1. The second-order valence-corrected chi connectivity index (χ2v) is 6.92. The van der Waals surface area contributed by atoms with Gasteiger partial charge in [0.05, 0.1) is 0 Å². The number of hydrogen-bond acceptors (Lipinski definition) is 3. The lowest BCUT2D eigenvalue weighted by Gasteiger charge is -2.27. The molecule has 1 heterocycles. The normalized spacial score (nSPS) is 21.8. The summed E-state index contributed by atoms with van der Waals surface area (Å²) in [5.74, 6) is -0.0674. The van der Waals surface area contributed by atoms with Crippen molar-refractivity contribution in [1.82, 2.24) is 10.2 Å². The number of amides is 2. The molecule has 5 nitrogen and oxygen atoms in total. The predicted molar refractivity (Wildman–Crippen MR) is 84.3 cm³/mol. The maximum Gasteiger partial charge on any atom is 0.408 e. The maximum absolute atomic E-state index is 12.6. The van der Waals surface area contributed by atoms with E-state index < -0.39 is 17.2 Å². The lowest BCUT2D eigenvalue weighted by molar-refractivity contribution is -0.133. The Morgan fingerprint density at radius 3 is 2.55 bits per heavy atom. The van der Waals surface area contributed by atoms with Crippen LogP contribution in [0.4, 0.5) is 4.79 Å². The van der Waals surface area contributed by atoms with Crippen LogP contribution in [0.3, 0.4) is 0 Å². The minimum atomic E-state index is -0.892. The third kappa shape index (κ3) is 4.00. The smallest absolute Gasteiger partial charge is 0.408 e. The molecule has 1 aromatic rings. The highest BCUT2D eigenvalue weighted by molar-refractivity contribution is 5.91. The third-order valence-corrected chi connectivity index (χ3v) is 3.63. The molecule has 1 aliphatic heterocycles. The van der Waals surface area contributed by atoms with Crippen LogP contribution in [-0.2, 0) is 16.1 Å². The van der Waals surface area contributed by atoms with E-state index in [0.717, 1.165) is 5.56 Å². The average Bonchev–Trinajstić information content (AvgIpc) is 2.66. The number of ether oxygens (including phenoxy) is 1. The highest BCUT2D eigenvalue weighted by Crippen LogP contribution is 2.25. The van der Waals surface area contributed by atoms with Crippen LogP contribution in [0.15, 0.2) is 30.3 Å². The maximum atomic E-state index is 12.6. The van der Waals surface area contributed by atoms with E-state index in [9.17, 15) is 9.59 Å². The van der Waals surface area contributed by atoms with Gasteiger partial charge in [0.2, 0.25) is 5.91 Å². The standard InChI is InChI=1S/C17H24N2O3/c1-16(2,3)22-15(21)18-17(4)10-11-19(14(17)20)12-13-8-6-5-7-9-13/h5-9H,10-12H2,1-4H3,(H,18,21). The van der Waals surface area contributed by atoms with Gasteiger partial charge in [0.25, 0.3) is 0 Å². The van der Waals surface area contributed by atoms with Crippen LogP contribution < -0.4 is 5.32 Å². The largest absolute Gasteiger partial charge is 0.444 e. The molecule has 5 heteroatoms. The first-order valence-electron chi connectivity index (χ1n) is 7.54. The summed E-state index contributed by atoms with van der Waals surface area (Å²) in [5, 5.41) is 2.72. The number of nitrogens with zero attached hydrogens (tertiary/aromatic N) is 1. The molecule has 0 aromatic heterocycles. The summed E-state index contributed by atoms with van der Waals surface area (Å²) in [7, 11) is 0. The molecular weight excluding hydrogens is 280 g/mol. The number of carbonyl (C=O) groups excluding carboxylic acids is 2. The number of alkyl carbamates (subject to hydrolysis) is 1. The molecule has 22 heavy (non-hydrogen) atoms. The van der Waals surface area contributed by atoms with Crippen molar-refractivity contribution < 1.29 is 14.3 Å². The van der Waals surface area contributed by atoms with E-state index in [2.05, 4.69) is 5.32 Å². The minimum absolute atomic E-state index is 0.0674. The van der Waals surface area contributed by atoms with Gasteiger partial charge in [-0.05, 0) is 39.7 Å². The van der Waals surface area contributed by atoms with Crippen molar-refractivity contribution in [3.8, 4) is 0 Å². The molecule has 1 N–H and O–H groups in total. The fourth-order valence-electron chi connectivity index (χ4n) is 2.52. The molecule has 1 saturated heterocycles. The van der Waals surface area contributed by atoms with Crippen LogP contribution >= 0.6 is 0 Å². The summed E-state index contributed by atoms with van der Waals surface area (Å²) in [4.78, 5) is 26.3. The first-order valence-corrected chi connectivity index (χ1v) is 7.54. The quantitative estimate of drug-likeness (QED) is 0.934. The van der Waals surface area contributed by atoms with E-state index in [0.29, 0.717) is 19.5 Å². The molecule has 0 spiro atoms. The molecule has 1 atom stereocenters. The minimum Gasteiger partial charge on any atom is -0.444 e. The number of carbonyl (C=O) groups is 2. The van der Waals surface area contributed by atoms with E-state index in [1.807, 2.05) is 30.3 Å². The van der Waals surface area contributed by atoms with Gasteiger partial charge in [-0.25, -0.2) is 4.79 Å². The highest BCUT2D eigenvalue weighted by Gasteiger charge is 2.44. The van der Waals surface area contributed by atoms with Gasteiger partial charge in [-0.3, -0.25) is 4.79 Å². The van der Waals surface area contributed by atoms with E-state index in [1.54, 1.807) is 32.6 Å². The van der Waals surface area contributed by atoms with Crippen molar-refractivity contribution in [2.45, 2.75) is 51.8 Å². The van der Waals surface area contributed by atoms with Gasteiger partial charge >= 0.3 is 6.09 Å². The molecule has 120 valence electrons. The summed E-state index contributed by atoms with van der Waals surface area (Å²) in [6.45, 7) is 8.34. The van der Waals surface area contributed by atoms with Gasteiger partial charge in [-0.15, -0.1) is 0 Å². The topological polar surface area (TPSA) is 58.6 Å². The Bertz CT molecular complexity index is 551. The van der Waals surface area contributed by atoms with Crippen LogP contribution in [0.2, 0.25) is 0 Å². The van der Waals surface area contributed by atoms with Gasteiger partial charge in [-0.2, -0.15) is 0 Å². The van der Waals surface area contributed by atoms with Gasteiger partial charge < -0.3 is 15.0 Å². The Morgan fingerprint density at radius 2 is 1.95 bits per heavy atom. The Morgan fingerprint density at radius 1 is 1.32 bits per heavy atom. The molecule has 1 unspecified atom stereocenters. The van der Waals surface area contributed by atoms with E-state index in [1.165, 1.54) is 0 Å². The second kappa shape index (κ2) is 5.99. The first kappa shape index (κ1) is 16.3. The van der Waals surface area contributed by atoms with Crippen LogP contribution in [0.1, 0.15) is 39.7 Å². The van der Waals surface area contributed by atoms with Crippen molar-refractivity contribution in [2.24, 2.45) is 0 Å². The fraction of sp³-hybridized carbons (Fsp3) is 0.529. The van der Waals surface area contributed by atoms with Crippen LogP contribution in [0, 0.1) is 0 Å². The Kier molecular flexibility index (Phi) is 4.44. The van der Waals surface area contributed by atoms with Crippen molar-refractivity contribution >= 4 is 12.0 Å². The number of nitrogens with one attached hydrogen (secondary N) is 1. The summed E-state index contributed by atoms with van der Waals surface area (Å²) in [6, 6.07) is 9.83. The van der Waals surface area contributed by atoms with Gasteiger partial charge in [-0.1, -0.05) is 30.3 Å². The Hall–Kier alpha value is -2.04. The zero-order valence-corrected chi connectivity index (χ0v) is 13.7. The lowest BCUT2D eigenvalue weighted by Crippen LogP contribution is -2.52. The lowest BCUT2D eigenvalue weighted by atomic mass is 10.0. The number of likely N-dealkylation sites (tertiary alicyclic amines) is 1. The number of rotatable bonds is 3. The van der Waals surface area contributed by atoms with E-state index in [4.69, 9.17) is 4.74 Å². The molecular formula is C17H24N2O3. The van der Waals surface area contributed by atoms with Crippen LogP contribution in [-0.4, -0.2) is 34.6 Å². The van der Waals surface area contributed by atoms with E-state index in [-0.39, 0.29) is 5.91 Å². The van der Waals surface area contributed by atoms with Crippen molar-refractivity contribution in [3.63, 3.8) is 0 Å². The zero-order valence-electron chi connectivity index (χ0n) is 13.7. The molecule has 0 saturated carbocycles. The van der Waals surface area contributed by atoms with Gasteiger partial charge in [0.15, 0.2) is 0 Å². The van der Waals surface area contributed by atoms with Crippen molar-refractivity contribution in [3.05, 3.63) is 35.9 Å². The summed E-state index contributed by atoms with van der Waals surface area (Å²) < 4.78 is 5.25. The Balaban J connectivity index is 1.99. The molecule has 1 fully saturated rings. The summed E-state index contributed by atoms with van der Waals surface area (Å²) in [6.07, 6.45) is 0.0303. The molecule has 1 aromatic carbocycles. The van der Waals surface area contributed by atoms with Gasteiger partial charge in [0.1, 0.15) is 11.1 Å². The second-order valence-electron chi connectivity index (χ2n) is 6.92. The average molecular weight is 304 g/mol. The fourth-order valence-corrected chi connectivity index (χ4v) is 2.52. The molecule has 2 amide bonds. The number of hydrogen-bond donors (Lipinski definition) is 1. The van der Waals surface area contributed by atoms with E-state index >= 15 is 0 Å². The monoisotopic (exact) mass is 304 g/mol. The van der Waals surface area contributed by atoms with Gasteiger partial charge in [0, 0.05) is 13.1 Å². The summed E-state index contributed by atoms with van der Waals surface area (Å²) in [5.41, 5.74) is -0.388. The molecule has 2 rings (SSSR count). The molecule has 0 radical (unpaired) electrons. The predicted octanol–water partition coefficient (Wildman–Crippen LogP) is 2.70. The SMILES string of the molecule is CC(C)(C)OC(=O)NC1(C)CCN(Cc2ccccc2)C1=O. The van der Waals surface area contributed by atoms with Crippen molar-refractivity contribution in [1.29, 1.82) is 0 Å². The van der Waals surface area contributed by atoms with Crippen LogP contribution in [0.5, 0.6) is 0 Å². The molecule has 0 bridgehead atoms. The summed E-state index contributed by atoms with van der Waals surface area (Å²) >= 11 is 0. The third-order valence-electron chi connectivity index (χ3n) is 3.63. The van der Waals surface area contributed by atoms with Crippen LogP contribution in [0.25, 0.3) is 0 Å². The van der Waals surface area contributed by atoms with Crippen molar-refractivity contribution in [2.75, 3.05) is 6.54 Å². The molecule has 1 aliphatic rings. The zero-order chi connectivity index (χ0) is 16.4.